The molecule has 12 heavy (non-hydrogen) atoms. The van der Waals surface area contributed by atoms with Gasteiger partial charge < -0.3 is 11.1 Å². The van der Waals surface area contributed by atoms with E-state index in [9.17, 15) is 0 Å². The van der Waals surface area contributed by atoms with E-state index in [1.807, 2.05) is 0 Å². The number of halogens is 1. The third-order valence-corrected chi connectivity index (χ3v) is 1.49. The Morgan fingerprint density at radius 3 is 2.75 bits per heavy atom. The molecule has 0 aliphatic rings. The predicted octanol–water partition coefficient (Wildman–Crippen LogP) is 0.626. The van der Waals surface area contributed by atoms with Crippen molar-refractivity contribution < 1.29 is 0 Å². The number of nitrogens with zero attached hydrogens (tertiary/aromatic N) is 3. The first-order valence-corrected chi connectivity index (χ1v) is 3.47. The van der Waals surface area contributed by atoms with E-state index in [0.29, 0.717) is 5.82 Å². The van der Waals surface area contributed by atoms with Gasteiger partial charge in [0.1, 0.15) is 6.07 Å². The molecule has 0 atom stereocenters. The Morgan fingerprint density at radius 1 is 1.58 bits per heavy atom. The lowest BCUT2D eigenvalue weighted by Gasteiger charge is -2.02. The monoisotopic (exact) mass is 183 g/mol. The lowest BCUT2D eigenvalue weighted by atomic mass is 10.4. The van der Waals surface area contributed by atoms with Crippen LogP contribution >= 0.6 is 11.6 Å². The molecule has 0 amide bonds. The Morgan fingerprint density at radius 2 is 2.25 bits per heavy atom. The highest BCUT2D eigenvalue weighted by Crippen LogP contribution is 2.18. The number of hydrogen-bond acceptors (Lipinski definition) is 5. The van der Waals surface area contributed by atoms with Crippen LogP contribution in [0.15, 0.2) is 0 Å². The standard InChI is InChI=1S/C6H6ClN5/c1-10-6-4(7)11-3(2-8)5(9)12-6/h1H3,(H3,9,10,12). The zero-order valence-electron chi connectivity index (χ0n) is 6.30. The van der Waals surface area contributed by atoms with Crippen LogP contribution in [0.25, 0.3) is 0 Å². The fourth-order valence-corrected chi connectivity index (χ4v) is 0.891. The van der Waals surface area contributed by atoms with Gasteiger partial charge in [0.2, 0.25) is 0 Å². The van der Waals surface area contributed by atoms with Crippen molar-refractivity contribution >= 4 is 23.2 Å². The highest BCUT2D eigenvalue weighted by molar-refractivity contribution is 6.31. The second-order valence-electron chi connectivity index (χ2n) is 1.96. The molecular formula is C6H6ClN5. The zero-order chi connectivity index (χ0) is 9.14. The topological polar surface area (TPSA) is 87.6 Å². The van der Waals surface area contributed by atoms with Gasteiger partial charge >= 0.3 is 0 Å². The summed E-state index contributed by atoms with van der Waals surface area (Å²) in [5.74, 6) is 0.444. The van der Waals surface area contributed by atoms with Crippen molar-refractivity contribution in [3.8, 4) is 6.07 Å². The quantitative estimate of drug-likeness (QED) is 0.667. The first kappa shape index (κ1) is 8.56. The minimum absolute atomic E-state index is 0.0407. The molecule has 0 aliphatic carbocycles. The summed E-state index contributed by atoms with van der Waals surface area (Å²) < 4.78 is 0. The lowest BCUT2D eigenvalue weighted by Crippen LogP contribution is -2.03. The molecule has 1 rings (SSSR count). The minimum Gasteiger partial charge on any atom is -0.381 e. The molecule has 0 spiro atoms. The van der Waals surface area contributed by atoms with Crippen LogP contribution in [0, 0.1) is 11.3 Å². The lowest BCUT2D eigenvalue weighted by molar-refractivity contribution is 1.16. The second kappa shape index (κ2) is 3.24. The SMILES string of the molecule is CNc1nc(N)c(C#N)nc1Cl. The van der Waals surface area contributed by atoms with Crippen molar-refractivity contribution in [3.63, 3.8) is 0 Å². The van der Waals surface area contributed by atoms with Crippen molar-refractivity contribution in [1.82, 2.24) is 9.97 Å². The summed E-state index contributed by atoms with van der Waals surface area (Å²) in [6.45, 7) is 0. The summed E-state index contributed by atoms with van der Waals surface area (Å²) in [5.41, 5.74) is 5.42. The van der Waals surface area contributed by atoms with Crippen LogP contribution in [0.2, 0.25) is 5.15 Å². The number of nitrogens with one attached hydrogen (secondary N) is 1. The van der Waals surface area contributed by atoms with Gasteiger partial charge in [0, 0.05) is 7.05 Å². The molecule has 0 radical (unpaired) electrons. The highest BCUT2D eigenvalue weighted by Gasteiger charge is 2.07. The van der Waals surface area contributed by atoms with E-state index < -0.39 is 0 Å². The van der Waals surface area contributed by atoms with Crippen molar-refractivity contribution in [1.29, 1.82) is 5.26 Å². The molecule has 62 valence electrons. The number of nitrogen functional groups attached to an aromatic ring is 1. The van der Waals surface area contributed by atoms with Crippen molar-refractivity contribution in [2.24, 2.45) is 0 Å². The van der Waals surface area contributed by atoms with Crippen LogP contribution in [0.5, 0.6) is 0 Å². The number of nitriles is 1. The van der Waals surface area contributed by atoms with E-state index >= 15 is 0 Å². The summed E-state index contributed by atoms with van der Waals surface area (Å²) in [7, 11) is 1.64. The van der Waals surface area contributed by atoms with Gasteiger partial charge in [-0.3, -0.25) is 0 Å². The summed E-state index contributed by atoms with van der Waals surface area (Å²) >= 11 is 5.64. The molecule has 6 heteroatoms. The summed E-state index contributed by atoms with van der Waals surface area (Å²) in [6, 6.07) is 1.78. The van der Waals surface area contributed by atoms with Crippen molar-refractivity contribution in [2.75, 3.05) is 18.1 Å². The Labute approximate surface area is 74.2 Å². The van der Waals surface area contributed by atoms with Gasteiger partial charge in [-0.1, -0.05) is 11.6 Å². The largest absolute Gasteiger partial charge is 0.381 e. The molecule has 0 unspecified atom stereocenters. The maximum Gasteiger partial charge on any atom is 0.184 e. The molecule has 0 bridgehead atoms. The molecule has 0 aromatic carbocycles. The van der Waals surface area contributed by atoms with Crippen LogP contribution in [-0.2, 0) is 0 Å². The van der Waals surface area contributed by atoms with Gasteiger partial charge in [-0.25, -0.2) is 9.97 Å². The number of hydrogen-bond donors (Lipinski definition) is 2. The fraction of sp³-hybridized carbons (Fsp3) is 0.167. The van der Waals surface area contributed by atoms with E-state index in [2.05, 4.69) is 15.3 Å². The molecule has 5 nitrogen and oxygen atoms in total. The fourth-order valence-electron chi connectivity index (χ4n) is 0.669. The molecule has 0 saturated carbocycles. The molecule has 1 aromatic rings. The molecule has 0 saturated heterocycles. The predicted molar refractivity (Wildman–Crippen MR) is 45.7 cm³/mol. The number of rotatable bonds is 1. The summed E-state index contributed by atoms with van der Waals surface area (Å²) in [4.78, 5) is 7.53. The zero-order valence-corrected chi connectivity index (χ0v) is 7.05. The first-order valence-electron chi connectivity index (χ1n) is 3.10. The van der Waals surface area contributed by atoms with Gasteiger partial charge in [0.05, 0.1) is 0 Å². The Balaban J connectivity index is 3.28. The Hall–Kier alpha value is -1.54. The van der Waals surface area contributed by atoms with Gasteiger partial charge in [-0.15, -0.1) is 0 Å². The average molecular weight is 184 g/mol. The van der Waals surface area contributed by atoms with E-state index in [-0.39, 0.29) is 16.7 Å². The number of anilines is 2. The van der Waals surface area contributed by atoms with Gasteiger partial charge in [-0.2, -0.15) is 5.26 Å². The van der Waals surface area contributed by atoms with Crippen LogP contribution in [0.3, 0.4) is 0 Å². The van der Waals surface area contributed by atoms with E-state index in [1.54, 1.807) is 13.1 Å². The van der Waals surface area contributed by atoms with Gasteiger partial charge in [0.15, 0.2) is 22.5 Å². The van der Waals surface area contributed by atoms with E-state index in [1.165, 1.54) is 0 Å². The van der Waals surface area contributed by atoms with Crippen LogP contribution in [0.1, 0.15) is 5.69 Å². The molecule has 3 N–H and O–H groups in total. The maximum atomic E-state index is 8.49. The summed E-state index contributed by atoms with van der Waals surface area (Å²) in [6.07, 6.45) is 0. The smallest absolute Gasteiger partial charge is 0.184 e. The van der Waals surface area contributed by atoms with Crippen LogP contribution < -0.4 is 11.1 Å². The molecule has 1 aromatic heterocycles. The van der Waals surface area contributed by atoms with E-state index in [0.717, 1.165) is 0 Å². The van der Waals surface area contributed by atoms with Gasteiger partial charge in [0.25, 0.3) is 0 Å². The highest BCUT2D eigenvalue weighted by atomic mass is 35.5. The maximum absolute atomic E-state index is 8.49. The minimum atomic E-state index is 0.0407. The van der Waals surface area contributed by atoms with Crippen LogP contribution in [-0.4, -0.2) is 17.0 Å². The molecule has 1 heterocycles. The van der Waals surface area contributed by atoms with Gasteiger partial charge in [-0.05, 0) is 0 Å². The number of aromatic nitrogens is 2. The van der Waals surface area contributed by atoms with Crippen LogP contribution in [0.4, 0.5) is 11.6 Å². The summed E-state index contributed by atoms with van der Waals surface area (Å²) in [5, 5.41) is 11.3. The Bertz CT molecular complexity index is 342. The third kappa shape index (κ3) is 1.38. The third-order valence-electron chi connectivity index (χ3n) is 1.22. The van der Waals surface area contributed by atoms with Crippen molar-refractivity contribution in [3.05, 3.63) is 10.8 Å². The average Bonchev–Trinajstić information content (AvgIpc) is 2.08. The first-order chi connectivity index (χ1) is 5.69. The van der Waals surface area contributed by atoms with Crippen molar-refractivity contribution in [2.45, 2.75) is 0 Å². The second-order valence-corrected chi connectivity index (χ2v) is 2.32. The molecular weight excluding hydrogens is 178 g/mol. The Kier molecular flexibility index (Phi) is 2.31. The number of nitrogens with two attached hydrogens (primary N) is 1. The normalized spacial score (nSPS) is 9.08. The van der Waals surface area contributed by atoms with E-state index in [4.69, 9.17) is 22.6 Å². The molecule has 0 fully saturated rings. The molecule has 0 aliphatic heterocycles.